The molecule has 0 atom stereocenters. The molecular weight excluding hydrogens is 334 g/mol. The van der Waals surface area contributed by atoms with E-state index < -0.39 is 0 Å². The summed E-state index contributed by atoms with van der Waals surface area (Å²) in [7, 11) is 0. The predicted octanol–water partition coefficient (Wildman–Crippen LogP) is 4.46. The van der Waals surface area contributed by atoms with Crippen LogP contribution in [-0.2, 0) is 11.2 Å². The summed E-state index contributed by atoms with van der Waals surface area (Å²) in [6.07, 6.45) is 0.253. The first-order valence-corrected chi connectivity index (χ1v) is 8.69. The van der Waals surface area contributed by atoms with E-state index in [-0.39, 0.29) is 18.3 Å². The van der Waals surface area contributed by atoms with Gasteiger partial charge in [-0.25, -0.2) is 0 Å². The van der Waals surface area contributed by atoms with Crippen molar-refractivity contribution in [3.05, 3.63) is 82.0 Å². The Labute approximate surface area is 150 Å². The van der Waals surface area contributed by atoms with Gasteiger partial charge in [-0.15, -0.1) is 11.3 Å². The molecule has 2 aromatic carbocycles. The number of benzene rings is 2. The Kier molecular flexibility index (Phi) is 5.26. The summed E-state index contributed by atoms with van der Waals surface area (Å²) >= 11 is 1.52. The van der Waals surface area contributed by atoms with Gasteiger partial charge in [0.2, 0.25) is 0 Å². The molecule has 3 aromatic rings. The molecule has 1 amide bonds. The fourth-order valence-electron chi connectivity index (χ4n) is 2.32. The normalized spacial score (nSPS) is 10.3. The zero-order chi connectivity index (χ0) is 17.6. The number of amides is 1. The summed E-state index contributed by atoms with van der Waals surface area (Å²) in [5, 5.41) is 4.75. The third-order valence-corrected chi connectivity index (χ3v) is 4.40. The topological polar surface area (TPSA) is 55.4 Å². The minimum atomic E-state index is -0.306. The summed E-state index contributed by atoms with van der Waals surface area (Å²) in [6.45, 7) is 1.94. The van der Waals surface area contributed by atoms with E-state index in [0.29, 0.717) is 17.0 Å². The van der Waals surface area contributed by atoms with Crippen LogP contribution in [0, 0.1) is 6.92 Å². The van der Waals surface area contributed by atoms with Crippen molar-refractivity contribution in [2.45, 2.75) is 13.3 Å². The van der Waals surface area contributed by atoms with Gasteiger partial charge in [0.1, 0.15) is 5.75 Å². The van der Waals surface area contributed by atoms with Gasteiger partial charge in [0.15, 0.2) is 0 Å². The number of esters is 1. The van der Waals surface area contributed by atoms with Crippen LogP contribution in [0.5, 0.6) is 5.75 Å². The number of hydrogen-bond donors (Lipinski definition) is 1. The summed E-state index contributed by atoms with van der Waals surface area (Å²) in [5.41, 5.74) is 2.27. The van der Waals surface area contributed by atoms with Crippen LogP contribution in [0.25, 0.3) is 0 Å². The molecule has 0 saturated carbocycles. The van der Waals surface area contributed by atoms with Crippen LogP contribution < -0.4 is 10.1 Å². The predicted molar refractivity (Wildman–Crippen MR) is 99.2 cm³/mol. The Morgan fingerprint density at radius 3 is 2.52 bits per heavy atom. The van der Waals surface area contributed by atoms with Crippen molar-refractivity contribution in [2.75, 3.05) is 5.32 Å². The van der Waals surface area contributed by atoms with Gasteiger partial charge in [-0.1, -0.05) is 23.8 Å². The minimum Gasteiger partial charge on any atom is -0.426 e. The van der Waals surface area contributed by atoms with Gasteiger partial charge < -0.3 is 10.1 Å². The van der Waals surface area contributed by atoms with Gasteiger partial charge in [0, 0.05) is 16.1 Å². The molecule has 0 bridgehead atoms. The highest BCUT2D eigenvalue weighted by Crippen LogP contribution is 2.18. The second-order valence-corrected chi connectivity index (χ2v) is 6.61. The average Bonchev–Trinajstić information content (AvgIpc) is 3.09. The highest BCUT2D eigenvalue weighted by molar-refractivity contribution is 7.10. The monoisotopic (exact) mass is 351 g/mol. The largest absolute Gasteiger partial charge is 0.426 e. The van der Waals surface area contributed by atoms with Gasteiger partial charge in [-0.3, -0.25) is 9.59 Å². The molecule has 0 aliphatic carbocycles. The molecule has 1 aromatic heterocycles. The maximum atomic E-state index is 12.2. The first-order chi connectivity index (χ1) is 12.1. The zero-order valence-electron chi connectivity index (χ0n) is 13.7. The Bertz CT molecular complexity index is 870. The number of thiophene rings is 1. The van der Waals surface area contributed by atoms with Crippen LogP contribution in [0.1, 0.15) is 20.8 Å². The van der Waals surface area contributed by atoms with Crippen molar-refractivity contribution in [3.63, 3.8) is 0 Å². The smallest absolute Gasteiger partial charge is 0.316 e. The van der Waals surface area contributed by atoms with Crippen LogP contribution in [0.3, 0.4) is 0 Å². The van der Waals surface area contributed by atoms with Gasteiger partial charge in [0.25, 0.3) is 5.91 Å². The number of anilines is 1. The SMILES string of the molecule is Cc1cccc(C(=O)Nc2ccc(OC(=O)Cc3cccs3)cc2)c1. The number of rotatable bonds is 5. The van der Waals surface area contributed by atoms with E-state index >= 15 is 0 Å². The Morgan fingerprint density at radius 2 is 1.84 bits per heavy atom. The molecule has 0 aliphatic heterocycles. The third-order valence-electron chi connectivity index (χ3n) is 3.52. The average molecular weight is 351 g/mol. The molecule has 3 rings (SSSR count). The lowest BCUT2D eigenvalue weighted by Gasteiger charge is -2.07. The van der Waals surface area contributed by atoms with Crippen LogP contribution in [0.15, 0.2) is 66.0 Å². The van der Waals surface area contributed by atoms with E-state index in [2.05, 4.69) is 5.32 Å². The summed E-state index contributed by atoms with van der Waals surface area (Å²) in [4.78, 5) is 25.1. The lowest BCUT2D eigenvalue weighted by atomic mass is 10.1. The molecule has 25 heavy (non-hydrogen) atoms. The summed E-state index contributed by atoms with van der Waals surface area (Å²) < 4.78 is 5.30. The van der Waals surface area contributed by atoms with Crippen molar-refractivity contribution in [2.24, 2.45) is 0 Å². The number of hydrogen-bond acceptors (Lipinski definition) is 4. The van der Waals surface area contributed by atoms with Gasteiger partial charge in [-0.05, 0) is 54.8 Å². The summed E-state index contributed by atoms with van der Waals surface area (Å²) in [6, 6.07) is 17.9. The molecule has 0 unspecified atom stereocenters. The standard InChI is InChI=1S/C20H17NO3S/c1-14-4-2-5-15(12-14)20(23)21-16-7-9-17(10-8-16)24-19(22)13-18-6-3-11-25-18/h2-12H,13H2,1H3,(H,21,23). The first-order valence-electron chi connectivity index (χ1n) is 7.81. The van der Waals surface area contributed by atoms with Crippen molar-refractivity contribution in [1.82, 2.24) is 0 Å². The number of carbonyl (C=O) groups is 2. The molecule has 1 heterocycles. The molecule has 0 aliphatic rings. The lowest BCUT2D eigenvalue weighted by Crippen LogP contribution is -2.12. The van der Waals surface area contributed by atoms with E-state index in [1.54, 1.807) is 30.3 Å². The third kappa shape index (κ3) is 4.78. The molecule has 0 radical (unpaired) electrons. The van der Waals surface area contributed by atoms with E-state index in [1.165, 1.54) is 11.3 Å². The van der Waals surface area contributed by atoms with Crippen LogP contribution in [-0.4, -0.2) is 11.9 Å². The highest BCUT2D eigenvalue weighted by atomic mass is 32.1. The van der Waals surface area contributed by atoms with Crippen LogP contribution >= 0.6 is 11.3 Å². The van der Waals surface area contributed by atoms with Crippen molar-refractivity contribution in [3.8, 4) is 5.75 Å². The highest BCUT2D eigenvalue weighted by Gasteiger charge is 2.09. The Hall–Kier alpha value is -2.92. The number of nitrogens with one attached hydrogen (secondary N) is 1. The van der Waals surface area contributed by atoms with E-state index in [1.807, 2.05) is 42.6 Å². The molecule has 126 valence electrons. The van der Waals surface area contributed by atoms with Crippen molar-refractivity contribution >= 4 is 28.9 Å². The number of ether oxygens (including phenoxy) is 1. The van der Waals surface area contributed by atoms with Gasteiger partial charge in [0.05, 0.1) is 6.42 Å². The van der Waals surface area contributed by atoms with E-state index in [0.717, 1.165) is 10.4 Å². The van der Waals surface area contributed by atoms with Crippen LogP contribution in [0.2, 0.25) is 0 Å². The fraction of sp³-hybridized carbons (Fsp3) is 0.100. The van der Waals surface area contributed by atoms with Gasteiger partial charge >= 0.3 is 5.97 Å². The Morgan fingerprint density at radius 1 is 1.04 bits per heavy atom. The van der Waals surface area contributed by atoms with Gasteiger partial charge in [-0.2, -0.15) is 0 Å². The quantitative estimate of drug-likeness (QED) is 0.545. The van der Waals surface area contributed by atoms with Crippen molar-refractivity contribution < 1.29 is 14.3 Å². The van der Waals surface area contributed by atoms with E-state index in [4.69, 9.17) is 4.74 Å². The molecule has 0 spiro atoms. The number of aryl methyl sites for hydroxylation is 1. The van der Waals surface area contributed by atoms with E-state index in [9.17, 15) is 9.59 Å². The Balaban J connectivity index is 1.58. The maximum Gasteiger partial charge on any atom is 0.316 e. The number of carbonyl (C=O) groups excluding carboxylic acids is 2. The molecule has 0 fully saturated rings. The molecule has 0 saturated heterocycles. The fourth-order valence-corrected chi connectivity index (χ4v) is 3.01. The molecule has 1 N–H and O–H groups in total. The van der Waals surface area contributed by atoms with Crippen LogP contribution in [0.4, 0.5) is 5.69 Å². The zero-order valence-corrected chi connectivity index (χ0v) is 14.5. The second kappa shape index (κ2) is 7.77. The second-order valence-electron chi connectivity index (χ2n) is 5.58. The molecular formula is C20H17NO3S. The molecule has 5 heteroatoms. The molecule has 4 nitrogen and oxygen atoms in total. The van der Waals surface area contributed by atoms with Crippen molar-refractivity contribution in [1.29, 1.82) is 0 Å². The minimum absolute atomic E-state index is 0.175. The first kappa shape index (κ1) is 16.9. The lowest BCUT2D eigenvalue weighted by molar-refractivity contribution is -0.133. The summed E-state index contributed by atoms with van der Waals surface area (Å²) in [5.74, 6) is -0.0275. The maximum absolute atomic E-state index is 12.2.